The van der Waals surface area contributed by atoms with E-state index < -0.39 is 11.0 Å². The molecule has 0 fully saturated rings. The molecule has 5 rings (SSSR count). The van der Waals surface area contributed by atoms with Crippen LogP contribution in [0.15, 0.2) is 78.3 Å². The number of carbonyl (C=O) groups excluding carboxylic acids is 1. The summed E-state index contributed by atoms with van der Waals surface area (Å²) in [4.78, 5) is 32.8. The van der Waals surface area contributed by atoms with Crippen molar-refractivity contribution in [3.05, 3.63) is 104 Å². The van der Waals surface area contributed by atoms with Gasteiger partial charge in [-0.15, -0.1) is 5.10 Å². The third-order valence-corrected chi connectivity index (χ3v) is 6.35. The van der Waals surface area contributed by atoms with Gasteiger partial charge in [0.2, 0.25) is 5.95 Å². The van der Waals surface area contributed by atoms with Gasteiger partial charge in [-0.1, -0.05) is 23.2 Å². The number of rotatable bonds is 5. The Morgan fingerprint density at radius 1 is 1.14 bits per heavy atom. The summed E-state index contributed by atoms with van der Waals surface area (Å²) in [6.45, 7) is 1.76. The Morgan fingerprint density at radius 3 is 2.58 bits per heavy atom. The van der Waals surface area contributed by atoms with Gasteiger partial charge in [0.15, 0.2) is 5.82 Å². The van der Waals surface area contributed by atoms with E-state index in [1.54, 1.807) is 60.3 Å². The second kappa shape index (κ2) is 9.40. The molecule has 12 heteroatoms. The molecular formula is C24H17Cl2N7O3. The normalized spacial score (nSPS) is 14.7. The van der Waals surface area contributed by atoms with Crippen LogP contribution in [0.2, 0.25) is 10.0 Å². The largest absolute Gasteiger partial charge is 0.328 e. The highest BCUT2D eigenvalue weighted by molar-refractivity contribution is 6.42. The number of carbonyl (C=O) groups is 1. The molecule has 2 N–H and O–H groups in total. The van der Waals surface area contributed by atoms with E-state index in [-0.39, 0.29) is 11.6 Å². The van der Waals surface area contributed by atoms with Crippen LogP contribution in [0, 0.1) is 10.1 Å². The van der Waals surface area contributed by atoms with Crippen molar-refractivity contribution in [2.45, 2.75) is 13.0 Å². The number of nitro groups is 1. The van der Waals surface area contributed by atoms with Crippen LogP contribution in [-0.4, -0.2) is 30.6 Å². The third-order valence-electron chi connectivity index (χ3n) is 5.61. The standard InChI is InChI=1S/C24H17Cl2N7O3/c1-13-20(23(34)29-16-3-2-10-27-12-16)21(14-4-7-17(8-5-14)33(35)36)32-24(28-13)30-22(31-32)15-6-9-18(25)19(26)11-15/h2-12,21H,1H3,(H,29,34)(H,28,30,31). The first kappa shape index (κ1) is 23.5. The summed E-state index contributed by atoms with van der Waals surface area (Å²) in [6.07, 6.45) is 3.14. The van der Waals surface area contributed by atoms with Gasteiger partial charge in [0.05, 0.1) is 32.4 Å². The molecule has 1 atom stereocenters. The Hall–Kier alpha value is -4.28. The highest BCUT2D eigenvalue weighted by Crippen LogP contribution is 2.38. The quantitative estimate of drug-likeness (QED) is 0.262. The predicted octanol–water partition coefficient (Wildman–Crippen LogP) is 5.48. The molecule has 1 unspecified atom stereocenters. The minimum atomic E-state index is -0.720. The molecule has 4 aromatic rings. The van der Waals surface area contributed by atoms with E-state index in [1.165, 1.54) is 18.3 Å². The first-order valence-corrected chi connectivity index (χ1v) is 11.4. The van der Waals surface area contributed by atoms with Crippen LogP contribution in [0.4, 0.5) is 17.3 Å². The maximum absolute atomic E-state index is 13.5. The summed E-state index contributed by atoms with van der Waals surface area (Å²) < 4.78 is 1.57. The first-order chi connectivity index (χ1) is 17.3. The molecule has 2 aromatic heterocycles. The molecule has 0 bridgehead atoms. The molecule has 0 aliphatic carbocycles. The summed E-state index contributed by atoms with van der Waals surface area (Å²) >= 11 is 12.2. The van der Waals surface area contributed by atoms with Gasteiger partial charge in [-0.25, -0.2) is 4.68 Å². The molecule has 36 heavy (non-hydrogen) atoms. The minimum absolute atomic E-state index is 0.0648. The van der Waals surface area contributed by atoms with E-state index >= 15 is 0 Å². The number of hydrogen-bond donors (Lipinski definition) is 2. The van der Waals surface area contributed by atoms with E-state index in [4.69, 9.17) is 23.2 Å². The molecule has 180 valence electrons. The van der Waals surface area contributed by atoms with Crippen LogP contribution in [0.1, 0.15) is 18.5 Å². The lowest BCUT2D eigenvalue weighted by atomic mass is 9.95. The number of fused-ring (bicyclic) bond motifs is 1. The summed E-state index contributed by atoms with van der Waals surface area (Å²) in [5, 5.41) is 22.6. The van der Waals surface area contributed by atoms with Gasteiger partial charge in [-0.05, 0) is 55.0 Å². The van der Waals surface area contributed by atoms with Crippen molar-refractivity contribution in [3.8, 4) is 11.4 Å². The van der Waals surface area contributed by atoms with E-state index in [2.05, 4.69) is 25.7 Å². The Balaban J connectivity index is 1.61. The molecule has 2 aromatic carbocycles. The zero-order chi connectivity index (χ0) is 25.4. The number of nitrogens with one attached hydrogen (secondary N) is 2. The average molecular weight is 522 g/mol. The van der Waals surface area contributed by atoms with Gasteiger partial charge >= 0.3 is 0 Å². The van der Waals surface area contributed by atoms with Crippen molar-refractivity contribution in [1.82, 2.24) is 19.7 Å². The number of allylic oxidation sites excluding steroid dienone is 1. The number of aromatic nitrogens is 4. The Labute approximate surface area is 214 Å². The first-order valence-electron chi connectivity index (χ1n) is 10.7. The molecule has 1 aliphatic heterocycles. The number of amides is 1. The number of hydrogen-bond acceptors (Lipinski definition) is 7. The highest BCUT2D eigenvalue weighted by Gasteiger charge is 2.35. The lowest BCUT2D eigenvalue weighted by Crippen LogP contribution is -2.31. The molecule has 10 nitrogen and oxygen atoms in total. The van der Waals surface area contributed by atoms with Crippen LogP contribution in [-0.2, 0) is 4.79 Å². The fourth-order valence-corrected chi connectivity index (χ4v) is 4.22. The molecule has 3 heterocycles. The molecule has 0 spiro atoms. The monoisotopic (exact) mass is 521 g/mol. The average Bonchev–Trinajstić information content (AvgIpc) is 3.29. The highest BCUT2D eigenvalue weighted by atomic mass is 35.5. The lowest BCUT2D eigenvalue weighted by Gasteiger charge is -2.28. The Morgan fingerprint density at radius 2 is 1.92 bits per heavy atom. The fourth-order valence-electron chi connectivity index (χ4n) is 3.92. The summed E-state index contributed by atoms with van der Waals surface area (Å²) in [7, 11) is 0. The van der Waals surface area contributed by atoms with Crippen LogP contribution >= 0.6 is 23.2 Å². The summed E-state index contributed by atoms with van der Waals surface area (Å²) in [5.74, 6) is 0.383. The number of nitrogens with zero attached hydrogens (tertiary/aromatic N) is 5. The topological polar surface area (TPSA) is 128 Å². The molecule has 0 radical (unpaired) electrons. The van der Waals surface area contributed by atoms with E-state index in [9.17, 15) is 14.9 Å². The lowest BCUT2D eigenvalue weighted by molar-refractivity contribution is -0.384. The van der Waals surface area contributed by atoms with Crippen molar-refractivity contribution in [3.63, 3.8) is 0 Å². The van der Waals surface area contributed by atoms with Gasteiger partial charge in [-0.3, -0.25) is 19.9 Å². The SMILES string of the molecule is CC1=C(C(=O)Nc2cccnc2)C(c2ccc([N+](=O)[O-])cc2)n2nc(-c3ccc(Cl)c(Cl)c3)nc2N1. The van der Waals surface area contributed by atoms with Crippen molar-refractivity contribution >= 4 is 46.4 Å². The second-order valence-electron chi connectivity index (χ2n) is 7.94. The molecule has 1 amide bonds. The van der Waals surface area contributed by atoms with Crippen LogP contribution in [0.25, 0.3) is 11.4 Å². The van der Waals surface area contributed by atoms with Crippen LogP contribution in [0.3, 0.4) is 0 Å². The maximum Gasteiger partial charge on any atom is 0.269 e. The summed E-state index contributed by atoms with van der Waals surface area (Å²) in [6, 6.07) is 13.7. The number of anilines is 2. The van der Waals surface area contributed by atoms with E-state index in [0.717, 1.165) is 0 Å². The second-order valence-corrected chi connectivity index (χ2v) is 8.76. The minimum Gasteiger partial charge on any atom is -0.328 e. The zero-order valence-corrected chi connectivity index (χ0v) is 20.2. The molecular weight excluding hydrogens is 505 g/mol. The molecule has 0 saturated carbocycles. The van der Waals surface area contributed by atoms with E-state index in [1.807, 2.05) is 0 Å². The number of nitro benzene ring substituents is 1. The smallest absolute Gasteiger partial charge is 0.269 e. The number of pyridine rings is 1. The van der Waals surface area contributed by atoms with Gasteiger partial charge in [0, 0.05) is 29.6 Å². The number of halogens is 2. The van der Waals surface area contributed by atoms with Gasteiger partial charge < -0.3 is 10.6 Å². The van der Waals surface area contributed by atoms with Crippen LogP contribution < -0.4 is 10.6 Å². The zero-order valence-electron chi connectivity index (χ0n) is 18.6. The Kier molecular flexibility index (Phi) is 6.13. The third kappa shape index (κ3) is 4.39. The van der Waals surface area contributed by atoms with Crippen molar-refractivity contribution in [1.29, 1.82) is 0 Å². The molecule has 0 saturated heterocycles. The van der Waals surface area contributed by atoms with Crippen molar-refractivity contribution < 1.29 is 9.72 Å². The predicted molar refractivity (Wildman–Crippen MR) is 136 cm³/mol. The Bertz CT molecular complexity index is 1520. The number of benzene rings is 2. The van der Waals surface area contributed by atoms with Crippen LogP contribution in [0.5, 0.6) is 0 Å². The summed E-state index contributed by atoms with van der Waals surface area (Å²) in [5.41, 5.74) is 2.63. The number of non-ortho nitro benzene ring substituents is 1. The maximum atomic E-state index is 13.5. The van der Waals surface area contributed by atoms with E-state index in [0.29, 0.717) is 49.9 Å². The fraction of sp³-hybridized carbons (Fsp3) is 0.0833. The van der Waals surface area contributed by atoms with Gasteiger partial charge in [-0.2, -0.15) is 4.98 Å². The van der Waals surface area contributed by atoms with Gasteiger partial charge in [0.1, 0.15) is 6.04 Å². The van der Waals surface area contributed by atoms with Crippen molar-refractivity contribution in [2.75, 3.05) is 10.6 Å². The van der Waals surface area contributed by atoms with Gasteiger partial charge in [0.25, 0.3) is 11.6 Å². The molecule has 1 aliphatic rings. The van der Waals surface area contributed by atoms with Crippen molar-refractivity contribution in [2.24, 2.45) is 0 Å².